The van der Waals surface area contributed by atoms with Gasteiger partial charge in [-0.1, -0.05) is 6.92 Å². The molecule has 2 rings (SSSR count). The van der Waals surface area contributed by atoms with E-state index in [1.807, 2.05) is 43.8 Å². The summed E-state index contributed by atoms with van der Waals surface area (Å²) >= 11 is 0. The van der Waals surface area contributed by atoms with Crippen molar-refractivity contribution < 1.29 is 9.53 Å². The fourth-order valence-electron chi connectivity index (χ4n) is 2.40. The van der Waals surface area contributed by atoms with E-state index in [0.717, 1.165) is 30.0 Å². The van der Waals surface area contributed by atoms with E-state index in [4.69, 9.17) is 4.74 Å². The Morgan fingerprint density at radius 3 is 2.57 bits per heavy atom. The maximum absolute atomic E-state index is 12.4. The summed E-state index contributed by atoms with van der Waals surface area (Å²) in [6, 6.07) is 7.15. The standard InChI is InChI=1S/C18H25N3O2/c1-5-11-23-16-9-7-15(8-10-16)18(22)19-13(3)17-12-21(6-2)20-14(17)4/h7-10,12-13H,5-6,11H2,1-4H3,(H,19,22)/t13-/m0/s1. The average Bonchev–Trinajstić information content (AvgIpc) is 2.94. The van der Waals surface area contributed by atoms with Gasteiger partial charge in [-0.25, -0.2) is 0 Å². The summed E-state index contributed by atoms with van der Waals surface area (Å²) in [5.74, 6) is 0.694. The second-order valence-corrected chi connectivity index (χ2v) is 5.59. The van der Waals surface area contributed by atoms with Crippen molar-refractivity contribution in [2.45, 2.75) is 46.7 Å². The Labute approximate surface area is 137 Å². The molecule has 1 aromatic heterocycles. The van der Waals surface area contributed by atoms with Crippen LogP contribution < -0.4 is 10.1 Å². The second kappa shape index (κ2) is 7.81. The van der Waals surface area contributed by atoms with E-state index in [0.29, 0.717) is 12.2 Å². The molecule has 23 heavy (non-hydrogen) atoms. The van der Waals surface area contributed by atoms with Gasteiger partial charge in [-0.2, -0.15) is 5.10 Å². The van der Waals surface area contributed by atoms with Crippen molar-refractivity contribution in [1.29, 1.82) is 0 Å². The van der Waals surface area contributed by atoms with Gasteiger partial charge in [0, 0.05) is 23.9 Å². The van der Waals surface area contributed by atoms with Gasteiger partial charge in [0.05, 0.1) is 18.3 Å². The van der Waals surface area contributed by atoms with E-state index in [-0.39, 0.29) is 11.9 Å². The van der Waals surface area contributed by atoms with Crippen LogP contribution in [0, 0.1) is 6.92 Å². The van der Waals surface area contributed by atoms with Crippen molar-refractivity contribution in [3.63, 3.8) is 0 Å². The Balaban J connectivity index is 2.01. The number of hydrogen-bond donors (Lipinski definition) is 1. The van der Waals surface area contributed by atoms with Gasteiger partial charge in [0.15, 0.2) is 0 Å². The number of amides is 1. The topological polar surface area (TPSA) is 56.1 Å². The summed E-state index contributed by atoms with van der Waals surface area (Å²) in [6.45, 7) is 9.54. The van der Waals surface area contributed by atoms with Gasteiger partial charge in [-0.15, -0.1) is 0 Å². The van der Waals surface area contributed by atoms with E-state index in [1.165, 1.54) is 0 Å². The zero-order valence-corrected chi connectivity index (χ0v) is 14.3. The molecule has 0 unspecified atom stereocenters. The van der Waals surface area contributed by atoms with Crippen LogP contribution in [-0.4, -0.2) is 22.3 Å². The molecule has 5 nitrogen and oxygen atoms in total. The third-order valence-corrected chi connectivity index (χ3v) is 3.71. The molecule has 1 N–H and O–H groups in total. The van der Waals surface area contributed by atoms with Gasteiger partial charge in [-0.05, 0) is 51.5 Å². The quantitative estimate of drug-likeness (QED) is 0.851. The monoisotopic (exact) mass is 315 g/mol. The van der Waals surface area contributed by atoms with Gasteiger partial charge in [-0.3, -0.25) is 9.48 Å². The summed E-state index contributed by atoms with van der Waals surface area (Å²) in [7, 11) is 0. The van der Waals surface area contributed by atoms with Gasteiger partial charge >= 0.3 is 0 Å². The molecule has 1 amide bonds. The highest BCUT2D eigenvalue weighted by Crippen LogP contribution is 2.18. The number of rotatable bonds is 7. The van der Waals surface area contributed by atoms with Crippen molar-refractivity contribution in [2.75, 3.05) is 6.61 Å². The molecule has 1 aromatic carbocycles. The van der Waals surface area contributed by atoms with E-state index < -0.39 is 0 Å². The van der Waals surface area contributed by atoms with Gasteiger partial charge in [0.2, 0.25) is 0 Å². The Bertz CT molecular complexity index is 647. The van der Waals surface area contributed by atoms with E-state index in [9.17, 15) is 4.79 Å². The Morgan fingerprint density at radius 2 is 2.00 bits per heavy atom. The Hall–Kier alpha value is -2.30. The summed E-state index contributed by atoms with van der Waals surface area (Å²) in [6.07, 6.45) is 2.95. The lowest BCUT2D eigenvalue weighted by molar-refractivity contribution is 0.0940. The first kappa shape index (κ1) is 17.1. The minimum atomic E-state index is -0.0943. The molecule has 0 aliphatic rings. The average molecular weight is 315 g/mol. The molecule has 1 atom stereocenters. The first-order valence-corrected chi connectivity index (χ1v) is 8.12. The predicted octanol–water partition coefficient (Wildman–Crippen LogP) is 3.49. The number of nitrogens with zero attached hydrogens (tertiary/aromatic N) is 2. The molecule has 5 heteroatoms. The number of nitrogens with one attached hydrogen (secondary N) is 1. The number of benzene rings is 1. The number of carbonyl (C=O) groups excluding carboxylic acids is 1. The van der Waals surface area contributed by atoms with Crippen molar-refractivity contribution in [3.05, 3.63) is 47.3 Å². The van der Waals surface area contributed by atoms with Crippen LogP contribution in [0.15, 0.2) is 30.5 Å². The molecular formula is C18H25N3O2. The molecule has 0 fully saturated rings. The number of aryl methyl sites for hydroxylation is 2. The minimum Gasteiger partial charge on any atom is -0.494 e. The van der Waals surface area contributed by atoms with E-state index in [2.05, 4.69) is 17.3 Å². The second-order valence-electron chi connectivity index (χ2n) is 5.59. The number of carbonyl (C=O) groups is 1. The summed E-state index contributed by atoms with van der Waals surface area (Å²) in [5, 5.41) is 7.44. The van der Waals surface area contributed by atoms with Crippen molar-refractivity contribution in [1.82, 2.24) is 15.1 Å². The lowest BCUT2D eigenvalue weighted by atomic mass is 10.1. The molecule has 1 heterocycles. The zero-order valence-electron chi connectivity index (χ0n) is 14.3. The van der Waals surface area contributed by atoms with E-state index in [1.54, 1.807) is 12.1 Å². The van der Waals surface area contributed by atoms with Crippen LogP contribution in [0.2, 0.25) is 0 Å². The van der Waals surface area contributed by atoms with Crippen LogP contribution in [0.4, 0.5) is 0 Å². The first-order valence-electron chi connectivity index (χ1n) is 8.12. The number of ether oxygens (including phenoxy) is 1. The van der Waals surface area contributed by atoms with Gasteiger partial charge < -0.3 is 10.1 Å². The lowest BCUT2D eigenvalue weighted by Gasteiger charge is -2.13. The van der Waals surface area contributed by atoms with E-state index >= 15 is 0 Å². The van der Waals surface area contributed by atoms with Gasteiger partial charge in [0.25, 0.3) is 5.91 Å². The Kier molecular flexibility index (Phi) is 5.79. The van der Waals surface area contributed by atoms with Gasteiger partial charge in [0.1, 0.15) is 5.75 Å². The SMILES string of the molecule is CCCOc1ccc(C(=O)N[C@@H](C)c2cn(CC)nc2C)cc1. The zero-order chi connectivity index (χ0) is 16.8. The fourth-order valence-corrected chi connectivity index (χ4v) is 2.40. The molecule has 0 aliphatic heterocycles. The first-order chi connectivity index (χ1) is 11.0. The van der Waals surface area contributed by atoms with Crippen LogP contribution in [0.25, 0.3) is 0 Å². The summed E-state index contributed by atoms with van der Waals surface area (Å²) < 4.78 is 7.41. The van der Waals surface area contributed by atoms with Crippen molar-refractivity contribution >= 4 is 5.91 Å². The van der Waals surface area contributed by atoms with Crippen LogP contribution in [0.1, 0.15) is 54.8 Å². The highest BCUT2D eigenvalue weighted by Gasteiger charge is 2.15. The molecule has 0 saturated heterocycles. The fraction of sp³-hybridized carbons (Fsp3) is 0.444. The molecule has 124 valence electrons. The van der Waals surface area contributed by atoms with Crippen molar-refractivity contribution in [3.8, 4) is 5.75 Å². The maximum atomic E-state index is 12.4. The largest absolute Gasteiger partial charge is 0.494 e. The third-order valence-electron chi connectivity index (χ3n) is 3.71. The molecule has 0 aliphatic carbocycles. The molecule has 0 spiro atoms. The number of aromatic nitrogens is 2. The van der Waals surface area contributed by atoms with Crippen LogP contribution in [0.5, 0.6) is 5.75 Å². The predicted molar refractivity (Wildman–Crippen MR) is 90.7 cm³/mol. The van der Waals surface area contributed by atoms with Crippen LogP contribution in [-0.2, 0) is 6.54 Å². The maximum Gasteiger partial charge on any atom is 0.251 e. The molecule has 2 aromatic rings. The third kappa shape index (κ3) is 4.34. The number of hydrogen-bond acceptors (Lipinski definition) is 3. The van der Waals surface area contributed by atoms with Crippen molar-refractivity contribution in [2.24, 2.45) is 0 Å². The Morgan fingerprint density at radius 1 is 1.30 bits per heavy atom. The smallest absolute Gasteiger partial charge is 0.251 e. The highest BCUT2D eigenvalue weighted by molar-refractivity contribution is 5.94. The van der Waals surface area contributed by atoms with Crippen LogP contribution in [0.3, 0.4) is 0 Å². The minimum absolute atomic E-state index is 0.0844. The highest BCUT2D eigenvalue weighted by atomic mass is 16.5. The molecule has 0 bridgehead atoms. The molecule has 0 saturated carbocycles. The summed E-state index contributed by atoms with van der Waals surface area (Å²) in [5.41, 5.74) is 2.62. The summed E-state index contributed by atoms with van der Waals surface area (Å²) in [4.78, 5) is 12.4. The molecule has 0 radical (unpaired) electrons. The molecular weight excluding hydrogens is 290 g/mol. The lowest BCUT2D eigenvalue weighted by Crippen LogP contribution is -2.26. The van der Waals surface area contributed by atoms with Crippen LogP contribution >= 0.6 is 0 Å². The normalized spacial score (nSPS) is 12.0.